The molecule has 0 N–H and O–H groups in total. The maximum atomic E-state index is 13.0. The number of hydrogen-bond acceptors (Lipinski definition) is 2. The van der Waals surface area contributed by atoms with Crippen LogP contribution in [0.5, 0.6) is 0 Å². The molecule has 0 spiro atoms. The standard InChI is InChI=1S/C24H12O2/c25-23-16-8-4-3-7-15(16)21-17(23)9-10-18-22(21)19-11-13-5-1-2-6-14(13)12-20(19)24(18)26/h1-12H. The van der Waals surface area contributed by atoms with E-state index < -0.39 is 0 Å². The first-order valence-electron chi connectivity index (χ1n) is 8.63. The average molecular weight is 332 g/mol. The van der Waals surface area contributed by atoms with Crippen LogP contribution < -0.4 is 10.9 Å². The van der Waals surface area contributed by atoms with E-state index in [2.05, 4.69) is 12.1 Å². The van der Waals surface area contributed by atoms with E-state index in [0.717, 1.165) is 43.1 Å². The van der Waals surface area contributed by atoms with Gasteiger partial charge in [0.1, 0.15) is 0 Å². The van der Waals surface area contributed by atoms with Crippen LogP contribution in [0.4, 0.5) is 0 Å². The first-order valence-corrected chi connectivity index (χ1v) is 8.63. The number of fused-ring (bicyclic) bond motifs is 8. The summed E-state index contributed by atoms with van der Waals surface area (Å²) in [5, 5.41) is 8.67. The van der Waals surface area contributed by atoms with Gasteiger partial charge in [-0.15, -0.1) is 0 Å². The van der Waals surface area contributed by atoms with Crippen molar-refractivity contribution in [2.45, 2.75) is 0 Å². The minimum Gasteiger partial charge on any atom is -0.289 e. The molecule has 2 nitrogen and oxygen atoms in total. The van der Waals surface area contributed by atoms with E-state index in [1.807, 2.05) is 54.6 Å². The first kappa shape index (κ1) is 13.7. The van der Waals surface area contributed by atoms with Crippen molar-refractivity contribution in [2.24, 2.45) is 0 Å². The molecule has 0 heterocycles. The lowest BCUT2D eigenvalue weighted by molar-refractivity contribution is 1.79. The Hall–Kier alpha value is -3.52. The molecule has 6 rings (SSSR count). The lowest BCUT2D eigenvalue weighted by atomic mass is 10.0. The van der Waals surface area contributed by atoms with Crippen LogP contribution in [0, 0.1) is 0 Å². The van der Waals surface area contributed by atoms with Crippen molar-refractivity contribution >= 4 is 53.9 Å². The fourth-order valence-electron chi connectivity index (χ4n) is 4.36. The van der Waals surface area contributed by atoms with Gasteiger partial charge in [-0.05, 0) is 45.8 Å². The third-order valence-electron chi connectivity index (χ3n) is 5.54. The summed E-state index contributed by atoms with van der Waals surface area (Å²) < 4.78 is 0. The third kappa shape index (κ3) is 1.52. The molecular formula is C24H12O2. The largest absolute Gasteiger partial charge is 0.289 e. The van der Waals surface area contributed by atoms with Crippen molar-refractivity contribution in [3.63, 3.8) is 0 Å². The van der Waals surface area contributed by atoms with Crippen molar-refractivity contribution in [3.8, 4) is 0 Å². The predicted octanol–water partition coefficient (Wildman–Crippen LogP) is 5.05. The molecule has 0 bridgehead atoms. The van der Waals surface area contributed by atoms with Crippen LogP contribution in [0.1, 0.15) is 0 Å². The van der Waals surface area contributed by atoms with Gasteiger partial charge < -0.3 is 0 Å². The van der Waals surface area contributed by atoms with Crippen LogP contribution in [-0.4, -0.2) is 0 Å². The predicted molar refractivity (Wildman–Crippen MR) is 109 cm³/mol. The van der Waals surface area contributed by atoms with E-state index in [1.54, 1.807) is 6.07 Å². The second-order valence-corrected chi connectivity index (χ2v) is 6.86. The van der Waals surface area contributed by atoms with Crippen molar-refractivity contribution < 1.29 is 0 Å². The molecule has 0 unspecified atom stereocenters. The highest BCUT2D eigenvalue weighted by molar-refractivity contribution is 6.31. The van der Waals surface area contributed by atoms with E-state index in [-0.39, 0.29) is 10.9 Å². The zero-order valence-corrected chi connectivity index (χ0v) is 13.7. The van der Waals surface area contributed by atoms with Crippen LogP contribution in [0.3, 0.4) is 0 Å². The lowest BCUT2D eigenvalue weighted by Gasteiger charge is -2.00. The minimum absolute atomic E-state index is 0.0417. The summed E-state index contributed by atoms with van der Waals surface area (Å²) in [6, 6.07) is 23.4. The second-order valence-electron chi connectivity index (χ2n) is 6.86. The Morgan fingerprint density at radius 2 is 0.923 bits per heavy atom. The van der Waals surface area contributed by atoms with E-state index in [1.165, 1.54) is 0 Å². The molecule has 6 aromatic rings. The lowest BCUT2D eigenvalue weighted by Crippen LogP contribution is -1.95. The van der Waals surface area contributed by atoms with Crippen LogP contribution in [0.2, 0.25) is 0 Å². The van der Waals surface area contributed by atoms with Crippen LogP contribution in [0.25, 0.3) is 53.9 Å². The fourth-order valence-corrected chi connectivity index (χ4v) is 4.36. The molecule has 0 radical (unpaired) electrons. The van der Waals surface area contributed by atoms with Crippen LogP contribution in [0.15, 0.2) is 82.4 Å². The van der Waals surface area contributed by atoms with Gasteiger partial charge in [-0.1, -0.05) is 48.5 Å². The molecule has 6 aromatic carbocycles. The van der Waals surface area contributed by atoms with Crippen molar-refractivity contribution in [1.82, 2.24) is 0 Å². The van der Waals surface area contributed by atoms with Gasteiger partial charge >= 0.3 is 0 Å². The summed E-state index contributed by atoms with van der Waals surface area (Å²) in [6.45, 7) is 0. The summed E-state index contributed by atoms with van der Waals surface area (Å²) in [7, 11) is 0. The highest BCUT2D eigenvalue weighted by Crippen LogP contribution is 2.36. The fraction of sp³-hybridized carbons (Fsp3) is 0. The highest BCUT2D eigenvalue weighted by atomic mass is 16.1. The minimum atomic E-state index is 0.0417. The maximum Gasteiger partial charge on any atom is 0.194 e. The monoisotopic (exact) mass is 332 g/mol. The normalized spacial score (nSPS) is 12.2. The summed E-state index contributed by atoms with van der Waals surface area (Å²) in [5.74, 6) is 0. The molecule has 0 aromatic heterocycles. The van der Waals surface area contributed by atoms with E-state index in [9.17, 15) is 9.59 Å². The van der Waals surface area contributed by atoms with Gasteiger partial charge in [0.25, 0.3) is 0 Å². The summed E-state index contributed by atoms with van der Waals surface area (Å²) in [6.07, 6.45) is 0. The molecule has 0 saturated carbocycles. The highest BCUT2D eigenvalue weighted by Gasteiger charge is 2.18. The molecule has 0 atom stereocenters. The third-order valence-corrected chi connectivity index (χ3v) is 5.54. The molecule has 0 amide bonds. The molecule has 120 valence electrons. The van der Waals surface area contributed by atoms with Crippen molar-refractivity contribution in [1.29, 1.82) is 0 Å². The van der Waals surface area contributed by atoms with Gasteiger partial charge in [-0.3, -0.25) is 9.59 Å². The Kier molecular flexibility index (Phi) is 2.41. The second kappa shape index (κ2) is 4.55. The summed E-state index contributed by atoms with van der Waals surface area (Å²) >= 11 is 0. The van der Waals surface area contributed by atoms with Gasteiger partial charge in [-0.2, -0.15) is 0 Å². The molecule has 0 aliphatic carbocycles. The van der Waals surface area contributed by atoms with Gasteiger partial charge in [0.2, 0.25) is 0 Å². The van der Waals surface area contributed by atoms with Crippen molar-refractivity contribution in [2.75, 3.05) is 0 Å². The molecule has 26 heavy (non-hydrogen) atoms. The van der Waals surface area contributed by atoms with E-state index >= 15 is 0 Å². The SMILES string of the molecule is O=c1c2ccccc2c2c1ccc1c(=O)c3cc4ccccc4cc3c12. The zero-order chi connectivity index (χ0) is 17.4. The molecule has 0 saturated heterocycles. The van der Waals surface area contributed by atoms with E-state index in [4.69, 9.17) is 0 Å². The molecule has 0 fully saturated rings. The Balaban J connectivity index is 2.01. The molecule has 0 aliphatic rings. The van der Waals surface area contributed by atoms with E-state index in [0.29, 0.717) is 10.8 Å². The number of rotatable bonds is 0. The topological polar surface area (TPSA) is 34.1 Å². The quantitative estimate of drug-likeness (QED) is 0.390. The Morgan fingerprint density at radius 1 is 0.423 bits per heavy atom. The first-order chi connectivity index (χ1) is 12.7. The summed E-state index contributed by atoms with van der Waals surface area (Å²) in [4.78, 5) is 25.8. The summed E-state index contributed by atoms with van der Waals surface area (Å²) in [5.41, 5.74) is 0.0838. The van der Waals surface area contributed by atoms with Gasteiger partial charge in [-0.25, -0.2) is 0 Å². The van der Waals surface area contributed by atoms with Crippen LogP contribution >= 0.6 is 0 Å². The Bertz CT molecular complexity index is 1610. The maximum absolute atomic E-state index is 13.0. The molecule has 0 aliphatic heterocycles. The van der Waals surface area contributed by atoms with Gasteiger partial charge in [0, 0.05) is 32.3 Å². The van der Waals surface area contributed by atoms with Crippen LogP contribution in [-0.2, 0) is 0 Å². The smallest absolute Gasteiger partial charge is 0.194 e. The van der Waals surface area contributed by atoms with Crippen molar-refractivity contribution in [3.05, 3.63) is 93.2 Å². The average Bonchev–Trinajstić information content (AvgIpc) is 3.13. The zero-order valence-electron chi connectivity index (χ0n) is 13.7. The molecule has 2 heteroatoms. The Labute approximate surface area is 147 Å². The Morgan fingerprint density at radius 3 is 1.62 bits per heavy atom. The number of benzene rings is 4. The van der Waals surface area contributed by atoms with Gasteiger partial charge in [0.05, 0.1) is 0 Å². The molecular weight excluding hydrogens is 320 g/mol. The number of hydrogen-bond donors (Lipinski definition) is 0. The van der Waals surface area contributed by atoms with Gasteiger partial charge in [0.15, 0.2) is 10.9 Å².